The van der Waals surface area contributed by atoms with E-state index in [4.69, 9.17) is 0 Å². The van der Waals surface area contributed by atoms with Gasteiger partial charge in [-0.3, -0.25) is 9.69 Å². The van der Waals surface area contributed by atoms with E-state index < -0.39 is 10.0 Å². The van der Waals surface area contributed by atoms with Crippen LogP contribution < -0.4 is 5.32 Å². The van der Waals surface area contributed by atoms with E-state index >= 15 is 0 Å². The van der Waals surface area contributed by atoms with E-state index in [1.807, 2.05) is 56.0 Å². The van der Waals surface area contributed by atoms with Crippen LogP contribution in [0.4, 0.5) is 5.69 Å². The zero-order valence-corrected chi connectivity index (χ0v) is 19.3. The van der Waals surface area contributed by atoms with Gasteiger partial charge in [0.05, 0.1) is 10.9 Å². The summed E-state index contributed by atoms with van der Waals surface area (Å²) in [7, 11) is -3.51. The van der Waals surface area contributed by atoms with Crippen molar-refractivity contribution >= 4 is 21.6 Å². The third-order valence-corrected chi connectivity index (χ3v) is 8.44. The first-order valence-electron chi connectivity index (χ1n) is 11.0. The predicted octanol–water partition coefficient (Wildman–Crippen LogP) is 3.13. The molecule has 2 aromatic rings. The lowest BCUT2D eigenvalue weighted by atomic mass is 10.1. The van der Waals surface area contributed by atoms with Gasteiger partial charge in [0.25, 0.3) is 0 Å². The summed E-state index contributed by atoms with van der Waals surface area (Å²) >= 11 is 0. The van der Waals surface area contributed by atoms with E-state index in [-0.39, 0.29) is 11.9 Å². The zero-order chi connectivity index (χ0) is 22.2. The largest absolute Gasteiger partial charge is 0.324 e. The molecule has 0 aromatic heterocycles. The molecule has 1 saturated heterocycles. The molecule has 2 aromatic carbocycles. The minimum Gasteiger partial charge on any atom is -0.324 e. The van der Waals surface area contributed by atoms with Crippen molar-refractivity contribution in [2.45, 2.75) is 51.0 Å². The Labute approximate surface area is 185 Å². The Morgan fingerprint density at radius 3 is 2.39 bits per heavy atom. The summed E-state index contributed by atoms with van der Waals surface area (Å²) in [6, 6.07) is 11.2. The standard InChI is InChI=1S/C24H31N3O3S/c1-17-7-10-23(18(2)15-17)25-24(28)19(3)26-11-13-27(14-12-26)31(29,30)22-9-8-20-5-4-6-21(20)16-22/h7-10,15-16,19H,4-6,11-14H2,1-3H3,(H,25,28)/t19-/m1/s1. The fraction of sp³-hybridized carbons (Fsp3) is 0.458. The molecule has 31 heavy (non-hydrogen) atoms. The van der Waals surface area contributed by atoms with Crippen LogP contribution in [0.15, 0.2) is 41.3 Å². The van der Waals surface area contributed by atoms with Gasteiger partial charge < -0.3 is 5.32 Å². The number of nitrogens with one attached hydrogen (secondary N) is 1. The fourth-order valence-corrected chi connectivity index (χ4v) is 6.02. The number of rotatable bonds is 5. The highest BCUT2D eigenvalue weighted by Gasteiger charge is 2.32. The second-order valence-electron chi connectivity index (χ2n) is 8.71. The van der Waals surface area contributed by atoms with Crippen molar-refractivity contribution in [3.8, 4) is 0 Å². The predicted molar refractivity (Wildman–Crippen MR) is 123 cm³/mol. The minimum absolute atomic E-state index is 0.0677. The van der Waals surface area contributed by atoms with Gasteiger partial charge in [-0.2, -0.15) is 4.31 Å². The lowest BCUT2D eigenvalue weighted by molar-refractivity contribution is -0.121. The second-order valence-corrected chi connectivity index (χ2v) is 10.6. The fourth-order valence-electron chi connectivity index (χ4n) is 4.55. The third kappa shape index (κ3) is 4.54. The van der Waals surface area contributed by atoms with Crippen LogP contribution in [0.5, 0.6) is 0 Å². The summed E-state index contributed by atoms with van der Waals surface area (Å²) in [6.45, 7) is 7.73. The number of amides is 1. The topological polar surface area (TPSA) is 69.7 Å². The van der Waals surface area contributed by atoms with Crippen LogP contribution in [0.25, 0.3) is 0 Å². The van der Waals surface area contributed by atoms with Gasteiger partial charge in [0, 0.05) is 31.9 Å². The number of fused-ring (bicyclic) bond motifs is 1. The molecule has 1 fully saturated rings. The molecule has 0 bridgehead atoms. The van der Waals surface area contributed by atoms with Crippen molar-refractivity contribution in [2.75, 3.05) is 31.5 Å². The van der Waals surface area contributed by atoms with Crippen molar-refractivity contribution in [2.24, 2.45) is 0 Å². The number of sulfonamides is 1. The first-order valence-corrected chi connectivity index (χ1v) is 12.4. The molecule has 1 N–H and O–H groups in total. The molecular formula is C24H31N3O3S. The van der Waals surface area contributed by atoms with Crippen molar-refractivity contribution in [3.63, 3.8) is 0 Å². The summed E-state index contributed by atoms with van der Waals surface area (Å²) in [5.41, 5.74) is 5.44. The van der Waals surface area contributed by atoms with Crippen molar-refractivity contribution in [1.82, 2.24) is 9.21 Å². The number of piperazine rings is 1. The molecule has 1 aliphatic heterocycles. The Hall–Kier alpha value is -2.22. The highest BCUT2D eigenvalue weighted by atomic mass is 32.2. The van der Waals surface area contributed by atoms with Gasteiger partial charge in [0.1, 0.15) is 0 Å². The van der Waals surface area contributed by atoms with Gasteiger partial charge in [0.2, 0.25) is 15.9 Å². The van der Waals surface area contributed by atoms with Crippen molar-refractivity contribution in [1.29, 1.82) is 0 Å². The van der Waals surface area contributed by atoms with Crippen LogP contribution in [-0.4, -0.2) is 55.8 Å². The van der Waals surface area contributed by atoms with E-state index in [2.05, 4.69) is 5.32 Å². The SMILES string of the molecule is Cc1ccc(NC(=O)[C@@H](C)N2CCN(S(=O)(=O)c3ccc4c(c3)CCC4)CC2)c(C)c1. The summed E-state index contributed by atoms with van der Waals surface area (Å²) < 4.78 is 27.8. The highest BCUT2D eigenvalue weighted by Crippen LogP contribution is 2.27. The summed E-state index contributed by atoms with van der Waals surface area (Å²) in [6.07, 6.45) is 3.09. The molecule has 1 amide bonds. The zero-order valence-electron chi connectivity index (χ0n) is 18.5. The Balaban J connectivity index is 1.38. The molecule has 4 rings (SSSR count). The second kappa shape index (κ2) is 8.73. The molecule has 1 aliphatic carbocycles. The molecule has 2 aliphatic rings. The van der Waals surface area contributed by atoms with Crippen LogP contribution in [-0.2, 0) is 27.7 Å². The number of anilines is 1. The van der Waals surface area contributed by atoms with Gasteiger partial charge in [-0.05, 0) is 74.9 Å². The van der Waals surface area contributed by atoms with E-state index in [0.29, 0.717) is 31.1 Å². The van der Waals surface area contributed by atoms with Gasteiger partial charge in [-0.15, -0.1) is 0 Å². The first-order chi connectivity index (χ1) is 14.8. The van der Waals surface area contributed by atoms with Gasteiger partial charge in [-0.1, -0.05) is 23.8 Å². The molecule has 0 spiro atoms. The summed E-state index contributed by atoms with van der Waals surface area (Å²) in [5, 5.41) is 3.01. The van der Waals surface area contributed by atoms with E-state index in [1.54, 1.807) is 10.4 Å². The van der Waals surface area contributed by atoms with E-state index in [9.17, 15) is 13.2 Å². The molecular weight excluding hydrogens is 410 g/mol. The van der Waals surface area contributed by atoms with Gasteiger partial charge in [-0.25, -0.2) is 8.42 Å². The summed E-state index contributed by atoms with van der Waals surface area (Å²) in [4.78, 5) is 15.2. The van der Waals surface area contributed by atoms with Crippen LogP contribution in [0.2, 0.25) is 0 Å². The van der Waals surface area contributed by atoms with Crippen LogP contribution in [0.3, 0.4) is 0 Å². The number of aryl methyl sites for hydroxylation is 4. The van der Waals surface area contributed by atoms with E-state index in [1.165, 1.54) is 5.56 Å². The number of carbonyl (C=O) groups is 1. The van der Waals surface area contributed by atoms with Gasteiger partial charge >= 0.3 is 0 Å². The average Bonchev–Trinajstić information content (AvgIpc) is 3.23. The number of hydrogen-bond acceptors (Lipinski definition) is 4. The van der Waals surface area contributed by atoms with Crippen molar-refractivity contribution in [3.05, 3.63) is 58.7 Å². The molecule has 7 heteroatoms. The smallest absolute Gasteiger partial charge is 0.243 e. The van der Waals surface area contributed by atoms with Gasteiger partial charge in [0.15, 0.2) is 0 Å². The minimum atomic E-state index is -3.51. The Bertz CT molecular complexity index is 1090. The molecule has 0 radical (unpaired) electrons. The highest BCUT2D eigenvalue weighted by molar-refractivity contribution is 7.89. The maximum Gasteiger partial charge on any atom is 0.243 e. The molecule has 1 atom stereocenters. The number of benzene rings is 2. The lowest BCUT2D eigenvalue weighted by Crippen LogP contribution is -2.53. The number of carbonyl (C=O) groups excluding carboxylic acids is 1. The third-order valence-electron chi connectivity index (χ3n) is 6.55. The monoisotopic (exact) mass is 441 g/mol. The Morgan fingerprint density at radius 2 is 1.68 bits per heavy atom. The molecule has 6 nitrogen and oxygen atoms in total. The number of nitrogens with zero attached hydrogens (tertiary/aromatic N) is 2. The Morgan fingerprint density at radius 1 is 0.968 bits per heavy atom. The maximum absolute atomic E-state index is 13.1. The lowest BCUT2D eigenvalue weighted by Gasteiger charge is -2.36. The Kier molecular flexibility index (Phi) is 6.19. The van der Waals surface area contributed by atoms with Crippen molar-refractivity contribution < 1.29 is 13.2 Å². The quantitative estimate of drug-likeness (QED) is 0.774. The van der Waals surface area contributed by atoms with Crippen LogP contribution in [0.1, 0.15) is 35.6 Å². The van der Waals surface area contributed by atoms with Crippen LogP contribution in [0, 0.1) is 13.8 Å². The average molecular weight is 442 g/mol. The first kappa shape index (κ1) is 22.0. The van der Waals surface area contributed by atoms with E-state index in [0.717, 1.165) is 41.6 Å². The maximum atomic E-state index is 13.1. The normalized spacial score (nSPS) is 18.5. The molecule has 1 heterocycles. The summed E-state index contributed by atoms with van der Waals surface area (Å²) in [5.74, 6) is -0.0677. The molecule has 0 saturated carbocycles. The molecule has 166 valence electrons. The van der Waals surface area contributed by atoms with Crippen LogP contribution >= 0.6 is 0 Å². The molecule has 0 unspecified atom stereocenters. The number of hydrogen-bond donors (Lipinski definition) is 1.